The Morgan fingerprint density at radius 3 is 2.09 bits per heavy atom. The summed E-state index contributed by atoms with van der Waals surface area (Å²) in [5.74, 6) is 0.417. The van der Waals surface area contributed by atoms with Gasteiger partial charge in [0.05, 0.1) is 26.3 Å². The Hall–Kier alpha value is -4.06. The second kappa shape index (κ2) is 9.20. The first-order valence-corrected chi connectivity index (χ1v) is 10.6. The van der Waals surface area contributed by atoms with Gasteiger partial charge in [0, 0.05) is 5.69 Å². The molecule has 0 unspecified atom stereocenters. The van der Waals surface area contributed by atoms with Crippen LogP contribution in [0.3, 0.4) is 0 Å². The molecule has 0 atom stereocenters. The van der Waals surface area contributed by atoms with Gasteiger partial charge in [0.25, 0.3) is 11.8 Å². The fourth-order valence-corrected chi connectivity index (χ4v) is 4.06. The number of nitrogens with one attached hydrogen (secondary N) is 1. The van der Waals surface area contributed by atoms with Gasteiger partial charge >= 0.3 is 0 Å². The Morgan fingerprint density at radius 2 is 1.45 bits per heavy atom. The smallest absolute Gasteiger partial charge is 0.278 e. The summed E-state index contributed by atoms with van der Waals surface area (Å²) in [5.41, 5.74) is 4.99. The van der Waals surface area contributed by atoms with Gasteiger partial charge < -0.3 is 14.8 Å². The summed E-state index contributed by atoms with van der Waals surface area (Å²) in [7, 11) is 3.11. The molecule has 1 N–H and O–H groups in total. The van der Waals surface area contributed by atoms with Crippen molar-refractivity contribution in [2.75, 3.05) is 19.5 Å². The number of aryl methyl sites for hydroxylation is 2. The summed E-state index contributed by atoms with van der Waals surface area (Å²) in [5, 5.41) is 3.23. The summed E-state index contributed by atoms with van der Waals surface area (Å²) in [6.07, 6.45) is 0. The molecular weight excluding hydrogens is 416 g/mol. The van der Waals surface area contributed by atoms with Crippen LogP contribution < -0.4 is 14.8 Å². The molecule has 1 heterocycles. The van der Waals surface area contributed by atoms with E-state index in [1.165, 1.54) is 4.90 Å². The van der Waals surface area contributed by atoms with Crippen LogP contribution in [0.15, 0.2) is 72.4 Å². The van der Waals surface area contributed by atoms with E-state index in [9.17, 15) is 9.59 Å². The van der Waals surface area contributed by atoms with E-state index in [0.29, 0.717) is 22.6 Å². The van der Waals surface area contributed by atoms with Crippen LogP contribution in [0.1, 0.15) is 22.3 Å². The molecule has 0 fully saturated rings. The number of hydrogen-bond donors (Lipinski definition) is 1. The number of rotatable bonds is 7. The fourth-order valence-electron chi connectivity index (χ4n) is 4.06. The minimum Gasteiger partial charge on any atom is -0.493 e. The molecular formula is C27H26N2O4. The molecule has 2 amide bonds. The standard InChI is InChI=1S/C27H26N2O4/c1-17-12-18(2)14-21(13-17)28-25-24(20-8-6-5-7-9-20)26(30)29(27(25)31)16-19-10-11-22(32-3)23(15-19)33-4/h5-15,28H,16H2,1-4H3. The van der Waals surface area contributed by atoms with Crippen LogP contribution in [-0.4, -0.2) is 30.9 Å². The van der Waals surface area contributed by atoms with Crippen molar-refractivity contribution < 1.29 is 19.1 Å². The van der Waals surface area contributed by atoms with Crippen molar-refractivity contribution in [3.05, 3.63) is 94.7 Å². The van der Waals surface area contributed by atoms with Gasteiger partial charge in [-0.1, -0.05) is 42.5 Å². The number of nitrogens with zero attached hydrogens (tertiary/aromatic N) is 1. The first-order valence-electron chi connectivity index (χ1n) is 10.6. The minimum atomic E-state index is -0.368. The number of ether oxygens (including phenoxy) is 2. The Kier molecular flexibility index (Phi) is 6.18. The summed E-state index contributed by atoms with van der Waals surface area (Å²) in [6, 6.07) is 20.6. The van der Waals surface area contributed by atoms with Gasteiger partial charge in [-0.2, -0.15) is 0 Å². The van der Waals surface area contributed by atoms with E-state index >= 15 is 0 Å². The Morgan fingerprint density at radius 1 is 0.788 bits per heavy atom. The van der Waals surface area contributed by atoms with E-state index < -0.39 is 0 Å². The quantitative estimate of drug-likeness (QED) is 0.537. The zero-order valence-electron chi connectivity index (χ0n) is 19.1. The molecule has 0 aromatic heterocycles. The van der Waals surface area contributed by atoms with Gasteiger partial charge in [0.2, 0.25) is 0 Å². The second-order valence-electron chi connectivity index (χ2n) is 8.00. The lowest BCUT2D eigenvalue weighted by Gasteiger charge is -2.17. The summed E-state index contributed by atoms with van der Waals surface area (Å²) in [6.45, 7) is 4.11. The maximum absolute atomic E-state index is 13.5. The van der Waals surface area contributed by atoms with E-state index in [1.54, 1.807) is 26.4 Å². The third kappa shape index (κ3) is 4.46. The van der Waals surface area contributed by atoms with Gasteiger partial charge in [-0.25, -0.2) is 0 Å². The average molecular weight is 443 g/mol. The van der Waals surface area contributed by atoms with Crippen molar-refractivity contribution in [2.24, 2.45) is 0 Å². The zero-order chi connectivity index (χ0) is 23.5. The highest BCUT2D eigenvalue weighted by molar-refractivity contribution is 6.36. The number of carbonyl (C=O) groups excluding carboxylic acids is 2. The van der Waals surface area contributed by atoms with Crippen molar-refractivity contribution in [2.45, 2.75) is 20.4 Å². The summed E-state index contributed by atoms with van der Waals surface area (Å²) < 4.78 is 10.7. The largest absolute Gasteiger partial charge is 0.493 e. The molecule has 0 aliphatic carbocycles. The Bertz CT molecular complexity index is 1230. The highest BCUT2D eigenvalue weighted by Crippen LogP contribution is 2.33. The molecule has 3 aromatic carbocycles. The van der Waals surface area contributed by atoms with Gasteiger partial charge in [-0.15, -0.1) is 0 Å². The molecule has 168 valence electrons. The van der Waals surface area contributed by atoms with E-state index in [-0.39, 0.29) is 24.1 Å². The lowest BCUT2D eigenvalue weighted by molar-refractivity contribution is -0.137. The molecule has 6 heteroatoms. The van der Waals surface area contributed by atoms with Crippen LogP contribution in [0.2, 0.25) is 0 Å². The Balaban J connectivity index is 1.72. The topological polar surface area (TPSA) is 67.9 Å². The van der Waals surface area contributed by atoms with E-state index in [4.69, 9.17) is 9.47 Å². The number of anilines is 1. The van der Waals surface area contributed by atoms with Crippen molar-refractivity contribution in [1.82, 2.24) is 4.90 Å². The number of benzene rings is 3. The number of carbonyl (C=O) groups is 2. The fraction of sp³-hybridized carbons (Fsp3) is 0.185. The molecule has 1 aliphatic rings. The predicted molar refractivity (Wildman–Crippen MR) is 128 cm³/mol. The van der Waals surface area contributed by atoms with Crippen molar-refractivity contribution in [3.8, 4) is 11.5 Å². The number of amides is 2. The molecule has 0 saturated carbocycles. The number of hydrogen-bond acceptors (Lipinski definition) is 5. The van der Waals surface area contributed by atoms with Crippen LogP contribution in [0.25, 0.3) is 5.57 Å². The van der Waals surface area contributed by atoms with Crippen molar-refractivity contribution in [3.63, 3.8) is 0 Å². The van der Waals surface area contributed by atoms with Gasteiger partial charge in [0.1, 0.15) is 5.70 Å². The van der Waals surface area contributed by atoms with Gasteiger partial charge in [-0.05, 0) is 60.4 Å². The van der Waals surface area contributed by atoms with E-state index in [0.717, 1.165) is 22.4 Å². The third-order valence-corrected chi connectivity index (χ3v) is 5.51. The molecule has 0 spiro atoms. The lowest BCUT2D eigenvalue weighted by Crippen LogP contribution is -2.32. The van der Waals surface area contributed by atoms with Crippen LogP contribution in [-0.2, 0) is 16.1 Å². The normalized spacial score (nSPS) is 13.5. The van der Waals surface area contributed by atoms with Crippen LogP contribution in [0.4, 0.5) is 5.69 Å². The molecule has 0 saturated heterocycles. The van der Waals surface area contributed by atoms with Crippen LogP contribution in [0.5, 0.6) is 11.5 Å². The van der Waals surface area contributed by atoms with E-state index in [1.807, 2.05) is 62.4 Å². The maximum Gasteiger partial charge on any atom is 0.278 e. The Labute approximate surface area is 193 Å². The van der Waals surface area contributed by atoms with E-state index in [2.05, 4.69) is 11.4 Å². The van der Waals surface area contributed by atoms with Crippen molar-refractivity contribution >= 4 is 23.1 Å². The minimum absolute atomic E-state index is 0.117. The molecule has 6 nitrogen and oxygen atoms in total. The molecule has 1 aliphatic heterocycles. The van der Waals surface area contributed by atoms with Crippen LogP contribution in [0, 0.1) is 13.8 Å². The SMILES string of the molecule is COc1ccc(CN2C(=O)C(Nc3cc(C)cc(C)c3)=C(c3ccccc3)C2=O)cc1OC. The van der Waals surface area contributed by atoms with Gasteiger partial charge in [0.15, 0.2) is 11.5 Å². The molecule has 0 bridgehead atoms. The highest BCUT2D eigenvalue weighted by Gasteiger charge is 2.39. The van der Waals surface area contributed by atoms with Gasteiger partial charge in [-0.3, -0.25) is 14.5 Å². The number of imide groups is 1. The molecule has 0 radical (unpaired) electrons. The lowest BCUT2D eigenvalue weighted by atomic mass is 10.0. The van der Waals surface area contributed by atoms with Crippen LogP contribution >= 0.6 is 0 Å². The number of methoxy groups -OCH3 is 2. The average Bonchev–Trinajstić information content (AvgIpc) is 3.03. The molecule has 3 aromatic rings. The molecule has 33 heavy (non-hydrogen) atoms. The first kappa shape index (κ1) is 22.1. The first-order chi connectivity index (χ1) is 15.9. The third-order valence-electron chi connectivity index (χ3n) is 5.51. The highest BCUT2D eigenvalue weighted by atomic mass is 16.5. The summed E-state index contributed by atoms with van der Waals surface area (Å²) in [4.78, 5) is 28.2. The van der Waals surface area contributed by atoms with Crippen molar-refractivity contribution in [1.29, 1.82) is 0 Å². The second-order valence-corrected chi connectivity index (χ2v) is 8.00. The zero-order valence-corrected chi connectivity index (χ0v) is 19.1. The predicted octanol–water partition coefficient (Wildman–Crippen LogP) is 4.71. The summed E-state index contributed by atoms with van der Waals surface area (Å²) >= 11 is 0. The monoisotopic (exact) mass is 442 g/mol. The molecule has 4 rings (SSSR count). The maximum atomic E-state index is 13.5.